The minimum Gasteiger partial charge on any atom is -0.496 e. The highest BCUT2D eigenvalue weighted by Crippen LogP contribution is 2.31. The van der Waals surface area contributed by atoms with Gasteiger partial charge in [0, 0.05) is 11.3 Å². The molecule has 0 saturated carbocycles. The molecule has 2 aromatic heterocycles. The van der Waals surface area contributed by atoms with Crippen molar-refractivity contribution in [3.63, 3.8) is 0 Å². The van der Waals surface area contributed by atoms with E-state index in [1.54, 1.807) is 33.9 Å². The van der Waals surface area contributed by atoms with E-state index in [-0.39, 0.29) is 23.4 Å². The number of benzene rings is 1. The van der Waals surface area contributed by atoms with Crippen LogP contribution in [0.3, 0.4) is 0 Å². The van der Waals surface area contributed by atoms with E-state index in [1.807, 2.05) is 18.2 Å². The number of aryl methyl sites for hydroxylation is 1. The molecule has 0 spiro atoms. The SMILES string of the molecule is CCOC(=O)c1[nH]c(C)c(C(=O)CSc2nnc(-c3ccccc3OC)o2)c1C. The Hall–Kier alpha value is -3.07. The average Bonchev–Trinajstić information content (AvgIpc) is 3.30. The van der Waals surface area contributed by atoms with Gasteiger partial charge in [0.05, 0.1) is 25.0 Å². The summed E-state index contributed by atoms with van der Waals surface area (Å²) < 4.78 is 16.0. The molecular weight excluding hydrogens is 394 g/mol. The first-order valence-electron chi connectivity index (χ1n) is 8.95. The summed E-state index contributed by atoms with van der Waals surface area (Å²) in [7, 11) is 1.57. The van der Waals surface area contributed by atoms with Crippen LogP contribution >= 0.6 is 11.8 Å². The highest BCUT2D eigenvalue weighted by atomic mass is 32.2. The van der Waals surface area contributed by atoms with Gasteiger partial charge in [0.1, 0.15) is 11.4 Å². The van der Waals surface area contributed by atoms with E-state index < -0.39 is 5.97 Å². The number of nitrogens with one attached hydrogen (secondary N) is 1. The number of ether oxygens (including phenoxy) is 2. The van der Waals surface area contributed by atoms with Crippen molar-refractivity contribution in [2.45, 2.75) is 26.0 Å². The molecule has 3 aromatic rings. The van der Waals surface area contributed by atoms with Crippen molar-refractivity contribution < 1.29 is 23.5 Å². The molecule has 0 atom stereocenters. The second-order valence-electron chi connectivity index (χ2n) is 6.13. The van der Waals surface area contributed by atoms with Gasteiger partial charge in [0.25, 0.3) is 11.1 Å². The number of Topliss-reactive ketones (excluding diaryl/α,β-unsaturated/α-hetero) is 1. The van der Waals surface area contributed by atoms with Crippen LogP contribution in [0.15, 0.2) is 33.9 Å². The standard InChI is InChI=1S/C20H21N3O5S/c1-5-27-19(25)17-11(2)16(12(3)21-17)14(24)10-29-20-23-22-18(28-20)13-8-6-7-9-15(13)26-4/h6-9,21H,5,10H2,1-4H3. The molecule has 0 aliphatic rings. The maximum Gasteiger partial charge on any atom is 0.355 e. The predicted octanol–water partition coefficient (Wildman–Crippen LogP) is 3.84. The Bertz CT molecular complexity index is 1040. The Morgan fingerprint density at radius 3 is 2.69 bits per heavy atom. The third-order valence-corrected chi connectivity index (χ3v) is 5.08. The van der Waals surface area contributed by atoms with Gasteiger partial charge in [-0.1, -0.05) is 23.9 Å². The summed E-state index contributed by atoms with van der Waals surface area (Å²) in [5, 5.41) is 8.30. The third-order valence-electron chi connectivity index (χ3n) is 4.27. The molecule has 0 bridgehead atoms. The summed E-state index contributed by atoms with van der Waals surface area (Å²) in [6.07, 6.45) is 0. The summed E-state index contributed by atoms with van der Waals surface area (Å²) >= 11 is 1.14. The molecule has 8 nitrogen and oxygen atoms in total. The van der Waals surface area contributed by atoms with Crippen molar-refractivity contribution in [1.29, 1.82) is 0 Å². The third kappa shape index (κ3) is 4.34. The van der Waals surface area contributed by atoms with Crippen LogP contribution < -0.4 is 4.74 Å². The fourth-order valence-electron chi connectivity index (χ4n) is 2.97. The lowest BCUT2D eigenvalue weighted by molar-refractivity contribution is 0.0519. The van der Waals surface area contributed by atoms with Gasteiger partial charge in [-0.2, -0.15) is 0 Å². The normalized spacial score (nSPS) is 10.8. The Labute approximate surface area is 172 Å². The van der Waals surface area contributed by atoms with Crippen LogP contribution in [-0.4, -0.2) is 46.4 Å². The van der Waals surface area contributed by atoms with Gasteiger partial charge in [-0.3, -0.25) is 4.79 Å². The van der Waals surface area contributed by atoms with Crippen molar-refractivity contribution in [3.8, 4) is 17.2 Å². The highest BCUT2D eigenvalue weighted by molar-refractivity contribution is 7.99. The van der Waals surface area contributed by atoms with Crippen LogP contribution in [0, 0.1) is 13.8 Å². The van der Waals surface area contributed by atoms with Gasteiger partial charge >= 0.3 is 5.97 Å². The minimum atomic E-state index is -0.474. The Morgan fingerprint density at radius 2 is 1.97 bits per heavy atom. The lowest BCUT2D eigenvalue weighted by Crippen LogP contribution is -2.08. The Morgan fingerprint density at radius 1 is 1.21 bits per heavy atom. The first kappa shape index (κ1) is 20.7. The second-order valence-corrected chi connectivity index (χ2v) is 7.06. The van der Waals surface area contributed by atoms with Crippen molar-refractivity contribution >= 4 is 23.5 Å². The predicted molar refractivity (Wildman–Crippen MR) is 108 cm³/mol. The smallest absolute Gasteiger partial charge is 0.355 e. The topological polar surface area (TPSA) is 107 Å². The monoisotopic (exact) mass is 415 g/mol. The summed E-state index contributed by atoms with van der Waals surface area (Å²) in [6.45, 7) is 5.47. The minimum absolute atomic E-state index is 0.0926. The Balaban J connectivity index is 1.72. The van der Waals surface area contributed by atoms with Crippen molar-refractivity contribution in [2.75, 3.05) is 19.5 Å². The van der Waals surface area contributed by atoms with Crippen LogP contribution in [-0.2, 0) is 4.74 Å². The summed E-state index contributed by atoms with van der Waals surface area (Å²) in [5.74, 6) is 0.409. The summed E-state index contributed by atoms with van der Waals surface area (Å²) in [4.78, 5) is 27.7. The van der Waals surface area contributed by atoms with Crippen LogP contribution in [0.25, 0.3) is 11.5 Å². The Kier molecular flexibility index (Phi) is 6.38. The van der Waals surface area contributed by atoms with Gasteiger partial charge in [-0.25, -0.2) is 4.79 Å². The second kappa shape index (κ2) is 8.95. The fourth-order valence-corrected chi connectivity index (χ4v) is 3.61. The van der Waals surface area contributed by atoms with E-state index in [1.165, 1.54) is 0 Å². The van der Waals surface area contributed by atoms with E-state index in [9.17, 15) is 9.59 Å². The van der Waals surface area contributed by atoms with Gasteiger partial charge in [0.2, 0.25) is 0 Å². The molecule has 0 radical (unpaired) electrons. The maximum absolute atomic E-state index is 12.7. The number of hydrogen-bond donors (Lipinski definition) is 1. The molecule has 0 aliphatic heterocycles. The number of hydrogen-bond acceptors (Lipinski definition) is 8. The number of rotatable bonds is 8. The molecule has 1 aromatic carbocycles. The van der Waals surface area contributed by atoms with Crippen LogP contribution in [0.4, 0.5) is 0 Å². The molecule has 0 aliphatic carbocycles. The first-order chi connectivity index (χ1) is 14.0. The molecule has 0 amide bonds. The molecule has 1 N–H and O–H groups in total. The first-order valence-corrected chi connectivity index (χ1v) is 9.94. The van der Waals surface area contributed by atoms with E-state index in [2.05, 4.69) is 15.2 Å². The number of esters is 1. The zero-order valence-corrected chi connectivity index (χ0v) is 17.4. The number of aromatic amines is 1. The van der Waals surface area contributed by atoms with E-state index in [0.29, 0.717) is 39.7 Å². The largest absolute Gasteiger partial charge is 0.496 e. The molecule has 152 valence electrons. The number of thioether (sulfide) groups is 1. The number of para-hydroxylation sites is 1. The van der Waals surface area contributed by atoms with Crippen molar-refractivity contribution in [2.24, 2.45) is 0 Å². The van der Waals surface area contributed by atoms with Gasteiger partial charge < -0.3 is 18.9 Å². The highest BCUT2D eigenvalue weighted by Gasteiger charge is 2.23. The number of aromatic nitrogens is 3. The van der Waals surface area contributed by atoms with E-state index in [4.69, 9.17) is 13.9 Å². The number of carbonyl (C=O) groups excluding carboxylic acids is 2. The molecule has 2 heterocycles. The number of nitrogens with zero attached hydrogens (tertiary/aromatic N) is 2. The van der Waals surface area contributed by atoms with Gasteiger partial charge in [0.15, 0.2) is 5.78 Å². The zero-order valence-electron chi connectivity index (χ0n) is 16.6. The van der Waals surface area contributed by atoms with Crippen molar-refractivity contribution in [1.82, 2.24) is 15.2 Å². The van der Waals surface area contributed by atoms with Crippen molar-refractivity contribution in [3.05, 3.63) is 46.8 Å². The summed E-state index contributed by atoms with van der Waals surface area (Å²) in [6, 6.07) is 7.31. The van der Waals surface area contributed by atoms with Gasteiger partial charge in [-0.05, 0) is 38.5 Å². The van der Waals surface area contributed by atoms with E-state index in [0.717, 1.165) is 11.8 Å². The van der Waals surface area contributed by atoms with E-state index >= 15 is 0 Å². The molecular formula is C20H21N3O5S. The number of ketones is 1. The number of carbonyl (C=O) groups is 2. The maximum atomic E-state index is 12.7. The fraction of sp³-hybridized carbons (Fsp3) is 0.300. The molecule has 9 heteroatoms. The average molecular weight is 415 g/mol. The van der Waals surface area contributed by atoms with Crippen LogP contribution in [0.5, 0.6) is 5.75 Å². The molecule has 0 fully saturated rings. The van der Waals surface area contributed by atoms with Gasteiger partial charge in [-0.15, -0.1) is 10.2 Å². The lowest BCUT2D eigenvalue weighted by atomic mass is 10.1. The van der Waals surface area contributed by atoms with Crippen LogP contribution in [0.2, 0.25) is 0 Å². The zero-order chi connectivity index (χ0) is 21.0. The molecule has 0 saturated heterocycles. The van der Waals surface area contributed by atoms with Crippen LogP contribution in [0.1, 0.15) is 39.0 Å². The quantitative estimate of drug-likeness (QED) is 0.336. The number of methoxy groups -OCH3 is 1. The molecule has 29 heavy (non-hydrogen) atoms. The molecule has 0 unspecified atom stereocenters. The lowest BCUT2D eigenvalue weighted by Gasteiger charge is -2.03. The number of H-pyrrole nitrogens is 1. The summed E-state index contributed by atoms with van der Waals surface area (Å²) in [5.41, 5.74) is 2.65. The molecule has 3 rings (SSSR count).